The minimum atomic E-state index is -1.88. The smallest absolute Gasteiger partial charge is 0.333 e. The highest BCUT2D eigenvalue weighted by Crippen LogP contribution is 2.53. The Kier molecular flexibility index (Phi) is 6.47. The number of H-pyrrole nitrogens is 1. The van der Waals surface area contributed by atoms with E-state index in [2.05, 4.69) is 4.98 Å². The highest BCUT2D eigenvalue weighted by atomic mass is 16.7. The van der Waals surface area contributed by atoms with Gasteiger partial charge in [0.15, 0.2) is 11.9 Å². The van der Waals surface area contributed by atoms with Crippen molar-refractivity contribution in [3.63, 3.8) is 0 Å². The Morgan fingerprint density at radius 2 is 2.13 bits per heavy atom. The lowest BCUT2D eigenvalue weighted by molar-refractivity contribution is -0.374. The molecule has 3 heterocycles. The van der Waals surface area contributed by atoms with Gasteiger partial charge in [0.2, 0.25) is 0 Å². The van der Waals surface area contributed by atoms with E-state index < -0.39 is 66.2 Å². The van der Waals surface area contributed by atoms with Crippen molar-refractivity contribution in [3.8, 4) is 0 Å². The minimum absolute atomic E-state index is 0.113. The number of aromatic nitrogens is 1. The molecule has 11 nitrogen and oxygen atoms in total. The maximum absolute atomic E-state index is 12.6. The number of ether oxygens (including phenoxy) is 4. The van der Waals surface area contributed by atoms with Gasteiger partial charge >= 0.3 is 11.9 Å². The van der Waals surface area contributed by atoms with Gasteiger partial charge in [-0.3, -0.25) is 4.79 Å². The van der Waals surface area contributed by atoms with Gasteiger partial charge in [0.1, 0.15) is 24.1 Å². The minimum Gasteiger partial charge on any atom is -0.483 e. The van der Waals surface area contributed by atoms with E-state index in [0.717, 1.165) is 16.1 Å². The molecule has 1 saturated heterocycles. The summed E-state index contributed by atoms with van der Waals surface area (Å²) < 4.78 is 23.8. The third-order valence-corrected chi connectivity index (χ3v) is 9.12. The Morgan fingerprint density at radius 3 is 2.87 bits per heavy atom. The highest BCUT2D eigenvalue weighted by molar-refractivity contribution is 5.90. The van der Waals surface area contributed by atoms with Crippen LogP contribution in [0, 0.1) is 17.8 Å². The number of hydrogen-bond acceptors (Lipinski definition) is 9. The standard InChI is InChI=1S/C28H33NO10/c1-36-24(33)18-10-14-4-2-3-5-15(17(18)11-22(31)32)23(14)39-26-27(35)8-6-19-16-7-9-29-20(16)13-37-28(19,25(27)34)21(12-30)38-26/h3,5,7,9-10,13-15,17,21,23,25-26,29-30,34-35H,2,4,6,8,11-12H2,1H3,(H,31,32). The number of allylic oxidation sites excluding steroid dienone is 1. The summed E-state index contributed by atoms with van der Waals surface area (Å²) in [6.07, 6.45) is 5.70. The fraction of sp³-hybridized carbons (Fsp3) is 0.571. The van der Waals surface area contributed by atoms with Crippen LogP contribution in [0.2, 0.25) is 0 Å². The Morgan fingerprint density at radius 1 is 1.31 bits per heavy atom. The van der Waals surface area contributed by atoms with Crippen molar-refractivity contribution >= 4 is 23.8 Å². The molecular formula is C28H33NO10. The number of aliphatic carboxylic acids is 1. The quantitative estimate of drug-likeness (QED) is 0.232. The van der Waals surface area contributed by atoms with Gasteiger partial charge in [-0.05, 0) is 37.3 Å². The van der Waals surface area contributed by atoms with Crippen LogP contribution in [0.4, 0.5) is 0 Å². The number of aliphatic hydroxyl groups is 3. The molecule has 1 aromatic heterocycles. The zero-order chi connectivity index (χ0) is 27.5. The van der Waals surface area contributed by atoms with Gasteiger partial charge in [0.05, 0.1) is 31.6 Å². The van der Waals surface area contributed by atoms with E-state index in [-0.39, 0.29) is 18.8 Å². The van der Waals surface area contributed by atoms with Crippen molar-refractivity contribution in [2.24, 2.45) is 17.8 Å². The SMILES string of the molecule is COC(=O)C1=CC2CCC=CC(C1CC(=O)O)C2OC1OC(CO)C23OC=c4[nH]ccc4=C2CCC1(O)C3O. The van der Waals surface area contributed by atoms with Gasteiger partial charge in [-0.1, -0.05) is 18.2 Å². The molecule has 4 bridgehead atoms. The van der Waals surface area contributed by atoms with Gasteiger partial charge in [-0.2, -0.15) is 0 Å². The summed E-state index contributed by atoms with van der Waals surface area (Å²) in [6.45, 7) is -0.504. The van der Waals surface area contributed by atoms with Gasteiger partial charge in [0.25, 0.3) is 0 Å². The molecule has 9 atom stereocenters. The molecule has 0 amide bonds. The lowest BCUT2D eigenvalue weighted by Crippen LogP contribution is -2.77. The number of carboxylic acid groups (broad SMARTS) is 1. The molecular weight excluding hydrogens is 510 g/mol. The van der Waals surface area contributed by atoms with Crippen molar-refractivity contribution in [1.29, 1.82) is 0 Å². The van der Waals surface area contributed by atoms with E-state index in [0.29, 0.717) is 24.8 Å². The van der Waals surface area contributed by atoms with Gasteiger partial charge in [-0.15, -0.1) is 0 Å². The number of hydrogen-bond donors (Lipinski definition) is 5. The third-order valence-electron chi connectivity index (χ3n) is 9.12. The summed E-state index contributed by atoms with van der Waals surface area (Å²) in [5, 5.41) is 45.3. The number of methoxy groups -OCH3 is 1. The monoisotopic (exact) mass is 543 g/mol. The van der Waals surface area contributed by atoms with Crippen molar-refractivity contribution in [2.75, 3.05) is 13.7 Å². The molecule has 210 valence electrons. The van der Waals surface area contributed by atoms with Crippen LogP contribution in [0.1, 0.15) is 32.1 Å². The zero-order valence-corrected chi connectivity index (χ0v) is 21.5. The molecule has 0 aromatic carbocycles. The van der Waals surface area contributed by atoms with Gasteiger partial charge in [0, 0.05) is 34.7 Å². The van der Waals surface area contributed by atoms with Crippen LogP contribution < -0.4 is 10.6 Å². The molecule has 2 fully saturated rings. The van der Waals surface area contributed by atoms with E-state index in [9.17, 15) is 30.0 Å². The first kappa shape index (κ1) is 26.3. The summed E-state index contributed by atoms with van der Waals surface area (Å²) in [5.74, 6) is -3.19. The van der Waals surface area contributed by atoms with E-state index in [1.54, 1.807) is 12.3 Å². The first-order valence-corrected chi connectivity index (χ1v) is 13.3. The van der Waals surface area contributed by atoms with Crippen LogP contribution in [-0.4, -0.2) is 86.9 Å². The Balaban J connectivity index is 1.38. The fourth-order valence-electron chi connectivity index (χ4n) is 7.27. The second-order valence-electron chi connectivity index (χ2n) is 11.0. The summed E-state index contributed by atoms with van der Waals surface area (Å²) in [4.78, 5) is 27.5. The number of esters is 1. The first-order valence-electron chi connectivity index (χ1n) is 13.3. The normalized spacial score (nSPS) is 40.3. The first-order chi connectivity index (χ1) is 18.7. The summed E-state index contributed by atoms with van der Waals surface area (Å²) in [7, 11) is 1.26. The molecule has 9 unspecified atom stereocenters. The summed E-state index contributed by atoms with van der Waals surface area (Å²) >= 11 is 0. The molecule has 6 rings (SSSR count). The Hall–Kier alpha value is -2.96. The highest BCUT2D eigenvalue weighted by Gasteiger charge is 2.69. The van der Waals surface area contributed by atoms with Gasteiger partial charge in [-0.25, -0.2) is 4.79 Å². The maximum atomic E-state index is 12.6. The van der Waals surface area contributed by atoms with Crippen LogP contribution in [-0.2, 0) is 28.5 Å². The summed E-state index contributed by atoms with van der Waals surface area (Å²) in [6, 6.07) is 1.87. The van der Waals surface area contributed by atoms with Crippen LogP contribution in [0.15, 0.2) is 36.1 Å². The van der Waals surface area contributed by atoms with Crippen LogP contribution in [0.5, 0.6) is 0 Å². The number of carboxylic acids is 1. The van der Waals surface area contributed by atoms with Crippen LogP contribution >= 0.6 is 0 Å². The van der Waals surface area contributed by atoms with Crippen molar-refractivity contribution < 1.29 is 49.0 Å². The van der Waals surface area contributed by atoms with E-state index in [4.69, 9.17) is 18.9 Å². The number of nitrogens with one attached hydrogen (secondary N) is 1. The molecule has 5 N–H and O–H groups in total. The predicted octanol–water partition coefficient (Wildman–Crippen LogP) is -0.553. The molecule has 0 radical (unpaired) electrons. The largest absolute Gasteiger partial charge is 0.483 e. The lowest BCUT2D eigenvalue weighted by atomic mass is 9.63. The number of fused-ring (bicyclic) bond motifs is 4. The number of carbonyl (C=O) groups is 2. The predicted molar refractivity (Wildman–Crippen MR) is 134 cm³/mol. The van der Waals surface area contributed by atoms with E-state index >= 15 is 0 Å². The number of rotatable bonds is 6. The fourth-order valence-corrected chi connectivity index (χ4v) is 7.27. The third kappa shape index (κ3) is 3.82. The van der Waals surface area contributed by atoms with E-state index in [1.165, 1.54) is 13.4 Å². The second kappa shape index (κ2) is 9.60. The molecule has 3 aliphatic carbocycles. The second-order valence-corrected chi connectivity index (χ2v) is 11.0. The number of aromatic amines is 1. The average Bonchev–Trinajstić information content (AvgIpc) is 3.34. The Bertz CT molecular complexity index is 1350. The Labute approximate surface area is 224 Å². The molecule has 2 aliphatic heterocycles. The van der Waals surface area contributed by atoms with Crippen LogP contribution in [0.3, 0.4) is 0 Å². The summed E-state index contributed by atoms with van der Waals surface area (Å²) in [5.41, 5.74) is -2.35. The zero-order valence-electron chi connectivity index (χ0n) is 21.5. The van der Waals surface area contributed by atoms with Crippen molar-refractivity contribution in [1.82, 2.24) is 4.98 Å². The molecule has 5 aliphatic rings. The molecule has 39 heavy (non-hydrogen) atoms. The molecule has 1 spiro atoms. The lowest BCUT2D eigenvalue weighted by Gasteiger charge is -2.60. The average molecular weight is 544 g/mol. The molecule has 1 saturated carbocycles. The van der Waals surface area contributed by atoms with Crippen molar-refractivity contribution in [3.05, 3.63) is 46.6 Å². The molecule has 11 heteroatoms. The van der Waals surface area contributed by atoms with Crippen molar-refractivity contribution in [2.45, 2.75) is 67.9 Å². The van der Waals surface area contributed by atoms with E-state index in [1.807, 2.05) is 18.2 Å². The number of aliphatic hydroxyl groups excluding tert-OH is 2. The molecule has 1 aromatic rings. The van der Waals surface area contributed by atoms with Gasteiger partial charge < -0.3 is 44.4 Å². The topological polar surface area (TPSA) is 168 Å². The number of carbonyl (C=O) groups excluding carboxylic acids is 1. The maximum Gasteiger partial charge on any atom is 0.333 e. The van der Waals surface area contributed by atoms with Crippen LogP contribution in [0.25, 0.3) is 11.8 Å².